The summed E-state index contributed by atoms with van der Waals surface area (Å²) in [5.41, 5.74) is 3.67. The SMILES string of the molecule is COC(=O)[C@@H](Cc1c[nH]c2ccccc12)Nc1ccnc2cc(Cl)ccc12. The number of para-hydroxylation sites is 1. The Kier molecular flexibility index (Phi) is 4.69. The van der Waals surface area contributed by atoms with Crippen LogP contribution in [0.4, 0.5) is 5.69 Å². The van der Waals surface area contributed by atoms with E-state index in [1.54, 1.807) is 12.3 Å². The summed E-state index contributed by atoms with van der Waals surface area (Å²) < 4.78 is 5.03. The number of fused-ring (bicyclic) bond motifs is 2. The molecule has 0 saturated heterocycles. The van der Waals surface area contributed by atoms with Crippen molar-refractivity contribution in [2.75, 3.05) is 12.4 Å². The van der Waals surface area contributed by atoms with Crippen LogP contribution < -0.4 is 5.32 Å². The first-order valence-corrected chi connectivity index (χ1v) is 8.97. The summed E-state index contributed by atoms with van der Waals surface area (Å²) in [5.74, 6) is -0.320. The van der Waals surface area contributed by atoms with Gasteiger partial charge in [0.2, 0.25) is 0 Å². The molecule has 0 bridgehead atoms. The first-order valence-electron chi connectivity index (χ1n) is 8.59. The zero-order valence-electron chi connectivity index (χ0n) is 14.7. The molecular formula is C21H18ClN3O2. The second-order valence-electron chi connectivity index (χ2n) is 6.30. The molecule has 0 saturated carbocycles. The molecule has 1 atom stereocenters. The standard InChI is InChI=1S/C21H18ClN3O2/c1-27-21(26)20(10-13-12-24-17-5-3-2-4-15(13)17)25-18-8-9-23-19-11-14(22)6-7-16(18)19/h2-9,11-12,20,24H,10H2,1H3,(H,23,25)/t20-/m1/s1. The Balaban J connectivity index is 1.68. The lowest BCUT2D eigenvalue weighted by atomic mass is 10.0. The maximum Gasteiger partial charge on any atom is 0.328 e. The van der Waals surface area contributed by atoms with Gasteiger partial charge in [-0.05, 0) is 35.9 Å². The predicted octanol–water partition coefficient (Wildman–Crippen LogP) is 4.57. The number of methoxy groups -OCH3 is 1. The highest BCUT2D eigenvalue weighted by molar-refractivity contribution is 6.31. The quantitative estimate of drug-likeness (QED) is 0.498. The van der Waals surface area contributed by atoms with Crippen molar-refractivity contribution in [1.29, 1.82) is 0 Å². The van der Waals surface area contributed by atoms with Crippen LogP contribution >= 0.6 is 11.6 Å². The Morgan fingerprint density at radius 1 is 1.22 bits per heavy atom. The van der Waals surface area contributed by atoms with E-state index >= 15 is 0 Å². The lowest BCUT2D eigenvalue weighted by Gasteiger charge is -2.18. The molecule has 4 aromatic rings. The minimum absolute atomic E-state index is 0.320. The van der Waals surface area contributed by atoms with E-state index in [0.29, 0.717) is 11.4 Å². The Hall–Kier alpha value is -3.05. The number of nitrogens with zero attached hydrogens (tertiary/aromatic N) is 1. The lowest BCUT2D eigenvalue weighted by Crippen LogP contribution is -2.32. The fourth-order valence-corrected chi connectivity index (χ4v) is 3.46. The van der Waals surface area contributed by atoms with Gasteiger partial charge in [0.05, 0.1) is 12.6 Å². The number of ether oxygens (including phenoxy) is 1. The van der Waals surface area contributed by atoms with Crippen molar-refractivity contribution in [3.05, 3.63) is 71.5 Å². The normalized spacial score (nSPS) is 12.2. The molecule has 0 aliphatic carbocycles. The third-order valence-corrected chi connectivity index (χ3v) is 4.85. The Bertz CT molecular complexity index is 1120. The molecule has 27 heavy (non-hydrogen) atoms. The molecule has 0 fully saturated rings. The first-order chi connectivity index (χ1) is 13.2. The van der Waals surface area contributed by atoms with E-state index in [-0.39, 0.29) is 5.97 Å². The van der Waals surface area contributed by atoms with Gasteiger partial charge in [0, 0.05) is 45.8 Å². The van der Waals surface area contributed by atoms with Crippen LogP contribution in [-0.4, -0.2) is 29.1 Å². The largest absolute Gasteiger partial charge is 0.467 e. The van der Waals surface area contributed by atoms with Gasteiger partial charge >= 0.3 is 5.97 Å². The number of benzene rings is 2. The highest BCUT2D eigenvalue weighted by atomic mass is 35.5. The van der Waals surface area contributed by atoms with Crippen molar-refractivity contribution in [2.45, 2.75) is 12.5 Å². The summed E-state index contributed by atoms with van der Waals surface area (Å²) in [4.78, 5) is 20.0. The zero-order chi connectivity index (χ0) is 18.8. The van der Waals surface area contributed by atoms with E-state index in [1.165, 1.54) is 7.11 Å². The minimum atomic E-state index is -0.532. The summed E-state index contributed by atoms with van der Waals surface area (Å²) >= 11 is 6.06. The van der Waals surface area contributed by atoms with Crippen molar-refractivity contribution >= 4 is 45.1 Å². The topological polar surface area (TPSA) is 67.0 Å². The van der Waals surface area contributed by atoms with Crippen molar-refractivity contribution in [3.8, 4) is 0 Å². The van der Waals surface area contributed by atoms with Gasteiger partial charge in [-0.2, -0.15) is 0 Å². The number of pyridine rings is 1. The van der Waals surface area contributed by atoms with E-state index < -0.39 is 6.04 Å². The van der Waals surface area contributed by atoms with E-state index in [2.05, 4.69) is 15.3 Å². The fourth-order valence-electron chi connectivity index (χ4n) is 3.29. The second-order valence-corrected chi connectivity index (χ2v) is 6.74. The number of H-pyrrole nitrogens is 1. The molecule has 136 valence electrons. The van der Waals surface area contributed by atoms with Gasteiger partial charge in [-0.15, -0.1) is 0 Å². The lowest BCUT2D eigenvalue weighted by molar-refractivity contribution is -0.141. The molecular weight excluding hydrogens is 362 g/mol. The van der Waals surface area contributed by atoms with Crippen molar-refractivity contribution in [1.82, 2.24) is 9.97 Å². The first kappa shape index (κ1) is 17.4. The van der Waals surface area contributed by atoms with Crippen molar-refractivity contribution < 1.29 is 9.53 Å². The van der Waals surface area contributed by atoms with Crippen molar-refractivity contribution in [2.24, 2.45) is 0 Å². The molecule has 6 heteroatoms. The number of nitrogens with one attached hydrogen (secondary N) is 2. The van der Waals surface area contributed by atoms with Crippen LogP contribution in [0.5, 0.6) is 0 Å². The van der Waals surface area contributed by atoms with Crippen LogP contribution in [0.3, 0.4) is 0 Å². The maximum atomic E-state index is 12.4. The molecule has 5 nitrogen and oxygen atoms in total. The smallest absolute Gasteiger partial charge is 0.328 e. The number of carbonyl (C=O) groups is 1. The van der Waals surface area contributed by atoms with Gasteiger partial charge in [0.1, 0.15) is 6.04 Å². The molecule has 2 N–H and O–H groups in total. The molecule has 0 spiro atoms. The third kappa shape index (κ3) is 3.46. The molecule has 0 aliphatic heterocycles. The average molecular weight is 380 g/mol. The number of anilines is 1. The predicted molar refractivity (Wildman–Crippen MR) is 108 cm³/mol. The summed E-state index contributed by atoms with van der Waals surface area (Å²) in [6.07, 6.45) is 4.13. The maximum absolute atomic E-state index is 12.4. The van der Waals surface area contributed by atoms with Gasteiger partial charge in [0.25, 0.3) is 0 Å². The van der Waals surface area contributed by atoms with E-state index in [4.69, 9.17) is 16.3 Å². The fraction of sp³-hybridized carbons (Fsp3) is 0.143. The Morgan fingerprint density at radius 3 is 2.93 bits per heavy atom. The van der Waals surface area contributed by atoms with Crippen LogP contribution in [0.15, 0.2) is 60.9 Å². The number of rotatable bonds is 5. The van der Waals surface area contributed by atoms with Crippen molar-refractivity contribution in [3.63, 3.8) is 0 Å². The molecule has 2 heterocycles. The molecule has 4 rings (SSSR count). The Morgan fingerprint density at radius 2 is 2.07 bits per heavy atom. The Labute approximate surface area is 161 Å². The van der Waals surface area contributed by atoms with Crippen LogP contribution in [0.25, 0.3) is 21.8 Å². The van der Waals surface area contributed by atoms with E-state index in [0.717, 1.165) is 33.1 Å². The molecule has 0 aliphatic rings. The van der Waals surface area contributed by atoms with Gasteiger partial charge in [-0.25, -0.2) is 4.79 Å². The second kappa shape index (κ2) is 7.29. The molecule has 2 aromatic heterocycles. The van der Waals surface area contributed by atoms with Crippen LogP contribution in [0.1, 0.15) is 5.56 Å². The number of halogens is 1. The third-order valence-electron chi connectivity index (χ3n) is 4.62. The molecule has 0 amide bonds. The number of aromatic nitrogens is 2. The highest BCUT2D eigenvalue weighted by Gasteiger charge is 2.22. The van der Waals surface area contributed by atoms with Crippen LogP contribution in [-0.2, 0) is 16.0 Å². The minimum Gasteiger partial charge on any atom is -0.467 e. The number of hydrogen-bond acceptors (Lipinski definition) is 4. The van der Waals surface area contributed by atoms with Gasteiger partial charge < -0.3 is 15.0 Å². The zero-order valence-corrected chi connectivity index (χ0v) is 15.5. The summed E-state index contributed by atoms with van der Waals surface area (Å²) in [6.45, 7) is 0. The van der Waals surface area contributed by atoms with Crippen LogP contribution in [0, 0.1) is 0 Å². The van der Waals surface area contributed by atoms with Gasteiger partial charge in [-0.1, -0.05) is 29.8 Å². The number of aromatic amines is 1. The monoisotopic (exact) mass is 379 g/mol. The number of esters is 1. The summed E-state index contributed by atoms with van der Waals surface area (Å²) in [6, 6.07) is 14.8. The van der Waals surface area contributed by atoms with Gasteiger partial charge in [0.15, 0.2) is 0 Å². The summed E-state index contributed by atoms with van der Waals surface area (Å²) in [7, 11) is 1.40. The summed E-state index contributed by atoms with van der Waals surface area (Å²) in [5, 5.41) is 5.94. The van der Waals surface area contributed by atoms with E-state index in [1.807, 2.05) is 48.7 Å². The van der Waals surface area contributed by atoms with Gasteiger partial charge in [-0.3, -0.25) is 4.98 Å². The number of carbonyl (C=O) groups excluding carboxylic acids is 1. The molecule has 2 aromatic carbocycles. The highest BCUT2D eigenvalue weighted by Crippen LogP contribution is 2.26. The van der Waals surface area contributed by atoms with Crippen LogP contribution in [0.2, 0.25) is 5.02 Å². The van der Waals surface area contributed by atoms with E-state index in [9.17, 15) is 4.79 Å². The molecule has 0 unspecified atom stereocenters. The molecule has 0 radical (unpaired) electrons. The number of hydrogen-bond donors (Lipinski definition) is 2. The average Bonchev–Trinajstić information content (AvgIpc) is 3.09.